The summed E-state index contributed by atoms with van der Waals surface area (Å²) in [5.74, 6) is 1.49. The summed E-state index contributed by atoms with van der Waals surface area (Å²) in [4.78, 5) is 5.27. The molecule has 18 heavy (non-hydrogen) atoms. The van der Waals surface area contributed by atoms with Crippen molar-refractivity contribution in [1.29, 1.82) is 0 Å². The van der Waals surface area contributed by atoms with Crippen LogP contribution in [0.25, 0.3) is 0 Å². The second kappa shape index (κ2) is 5.70. The molecule has 6 heteroatoms. The van der Waals surface area contributed by atoms with E-state index in [-0.39, 0.29) is 0 Å². The van der Waals surface area contributed by atoms with Crippen molar-refractivity contribution in [3.63, 3.8) is 0 Å². The first-order valence-electron chi connectivity index (χ1n) is 5.40. The first-order chi connectivity index (χ1) is 8.76. The third kappa shape index (κ3) is 2.72. The van der Waals surface area contributed by atoms with Crippen molar-refractivity contribution in [3.8, 4) is 11.5 Å². The van der Waals surface area contributed by atoms with Gasteiger partial charge in [0.05, 0.1) is 19.9 Å². The molecule has 2 aromatic rings. The highest BCUT2D eigenvalue weighted by Crippen LogP contribution is 2.32. The van der Waals surface area contributed by atoms with Crippen molar-refractivity contribution in [2.24, 2.45) is 5.73 Å². The van der Waals surface area contributed by atoms with Crippen LogP contribution in [0.15, 0.2) is 24.4 Å². The molecule has 0 aliphatic heterocycles. The molecule has 5 nitrogen and oxygen atoms in total. The third-order valence-corrected chi connectivity index (χ3v) is 3.34. The lowest BCUT2D eigenvalue weighted by atomic mass is 10.2. The van der Waals surface area contributed by atoms with Gasteiger partial charge in [-0.1, -0.05) is 0 Å². The molecule has 0 fully saturated rings. The van der Waals surface area contributed by atoms with Crippen molar-refractivity contribution in [2.75, 3.05) is 19.5 Å². The minimum Gasteiger partial charge on any atom is -0.497 e. The Morgan fingerprint density at radius 2 is 2.17 bits per heavy atom. The van der Waals surface area contributed by atoms with Gasteiger partial charge in [0.25, 0.3) is 0 Å². The summed E-state index contributed by atoms with van der Waals surface area (Å²) in [5, 5.41) is 3.98. The predicted octanol–water partition coefficient (Wildman–Crippen LogP) is 2.36. The van der Waals surface area contributed by atoms with Gasteiger partial charge in [0.15, 0.2) is 5.13 Å². The van der Waals surface area contributed by atoms with Crippen LogP contribution in [0.5, 0.6) is 11.5 Å². The smallest absolute Gasteiger partial charge is 0.187 e. The number of ether oxygens (including phenoxy) is 2. The Balaban J connectivity index is 2.25. The topological polar surface area (TPSA) is 69.4 Å². The van der Waals surface area contributed by atoms with E-state index in [1.165, 1.54) is 11.3 Å². The summed E-state index contributed by atoms with van der Waals surface area (Å²) in [6, 6.07) is 5.55. The normalized spacial score (nSPS) is 10.2. The fourth-order valence-corrected chi connectivity index (χ4v) is 2.19. The molecule has 0 saturated heterocycles. The number of benzene rings is 1. The number of nitrogens with two attached hydrogens (primary N) is 1. The van der Waals surface area contributed by atoms with E-state index in [1.54, 1.807) is 20.4 Å². The standard InChI is InChI=1S/C12H15N3O2S/c1-16-8-3-4-11(17-2)10(5-8)15-12-14-7-9(6-13)18-12/h3-5,7H,6,13H2,1-2H3,(H,14,15). The summed E-state index contributed by atoms with van der Waals surface area (Å²) in [5.41, 5.74) is 6.37. The van der Waals surface area contributed by atoms with Crippen LogP contribution in [0.4, 0.5) is 10.8 Å². The molecule has 96 valence electrons. The number of hydrogen-bond donors (Lipinski definition) is 2. The molecule has 0 bridgehead atoms. The minimum absolute atomic E-state index is 0.495. The van der Waals surface area contributed by atoms with E-state index in [9.17, 15) is 0 Å². The molecular weight excluding hydrogens is 250 g/mol. The number of rotatable bonds is 5. The van der Waals surface area contributed by atoms with Crippen LogP contribution in [0, 0.1) is 0 Å². The average molecular weight is 265 g/mol. The van der Waals surface area contributed by atoms with E-state index in [0.29, 0.717) is 6.54 Å². The Hall–Kier alpha value is -1.79. The maximum absolute atomic E-state index is 5.56. The van der Waals surface area contributed by atoms with Crippen molar-refractivity contribution >= 4 is 22.2 Å². The maximum atomic E-state index is 5.56. The van der Waals surface area contributed by atoms with E-state index >= 15 is 0 Å². The summed E-state index contributed by atoms with van der Waals surface area (Å²) >= 11 is 1.52. The summed E-state index contributed by atoms with van der Waals surface area (Å²) in [6.07, 6.45) is 1.76. The van der Waals surface area contributed by atoms with Gasteiger partial charge in [-0.3, -0.25) is 0 Å². The number of nitrogens with one attached hydrogen (secondary N) is 1. The minimum atomic E-state index is 0.495. The molecule has 1 aromatic heterocycles. The lowest BCUT2D eigenvalue weighted by molar-refractivity contribution is 0.405. The zero-order chi connectivity index (χ0) is 13.0. The fourth-order valence-electron chi connectivity index (χ4n) is 1.49. The molecule has 3 N–H and O–H groups in total. The monoisotopic (exact) mass is 265 g/mol. The van der Waals surface area contributed by atoms with Crippen LogP contribution in [0.3, 0.4) is 0 Å². The molecule has 0 radical (unpaired) electrons. The molecule has 0 spiro atoms. The number of aromatic nitrogens is 1. The van der Waals surface area contributed by atoms with Gasteiger partial charge in [-0.05, 0) is 12.1 Å². The predicted molar refractivity (Wildman–Crippen MR) is 72.8 cm³/mol. The molecule has 1 aromatic carbocycles. The number of hydrogen-bond acceptors (Lipinski definition) is 6. The van der Waals surface area contributed by atoms with Crippen molar-refractivity contribution < 1.29 is 9.47 Å². The van der Waals surface area contributed by atoms with Gasteiger partial charge in [0.1, 0.15) is 11.5 Å². The van der Waals surface area contributed by atoms with Crippen molar-refractivity contribution in [1.82, 2.24) is 4.98 Å². The van der Waals surface area contributed by atoms with Crippen LogP contribution in [0.2, 0.25) is 0 Å². The Morgan fingerprint density at radius 1 is 1.33 bits per heavy atom. The Labute approximate surface area is 110 Å². The third-order valence-electron chi connectivity index (χ3n) is 2.40. The van der Waals surface area contributed by atoms with Crippen molar-refractivity contribution in [2.45, 2.75) is 6.54 Å². The van der Waals surface area contributed by atoms with Crippen LogP contribution in [0.1, 0.15) is 4.88 Å². The van der Waals surface area contributed by atoms with Gasteiger partial charge in [0.2, 0.25) is 0 Å². The SMILES string of the molecule is COc1ccc(OC)c(Nc2ncc(CN)s2)c1. The zero-order valence-electron chi connectivity index (χ0n) is 10.3. The van der Waals surface area contributed by atoms with Gasteiger partial charge in [-0.15, -0.1) is 11.3 Å². The fraction of sp³-hybridized carbons (Fsp3) is 0.250. The van der Waals surface area contributed by atoms with Crippen molar-refractivity contribution in [3.05, 3.63) is 29.3 Å². The van der Waals surface area contributed by atoms with Gasteiger partial charge in [0, 0.05) is 23.7 Å². The zero-order valence-corrected chi connectivity index (χ0v) is 11.1. The Morgan fingerprint density at radius 3 is 2.78 bits per heavy atom. The second-order valence-corrected chi connectivity index (χ2v) is 4.64. The van der Waals surface area contributed by atoms with Crippen LogP contribution in [-0.4, -0.2) is 19.2 Å². The number of anilines is 2. The van der Waals surface area contributed by atoms with Gasteiger partial charge in [-0.25, -0.2) is 4.98 Å². The first-order valence-corrected chi connectivity index (χ1v) is 6.22. The van der Waals surface area contributed by atoms with Crippen LogP contribution >= 0.6 is 11.3 Å². The highest BCUT2D eigenvalue weighted by atomic mass is 32.1. The Bertz CT molecular complexity index is 528. The highest BCUT2D eigenvalue weighted by molar-refractivity contribution is 7.15. The number of nitrogens with zero attached hydrogens (tertiary/aromatic N) is 1. The van der Waals surface area contributed by atoms with E-state index in [2.05, 4.69) is 10.3 Å². The number of thiazole rings is 1. The average Bonchev–Trinajstić information content (AvgIpc) is 2.86. The van der Waals surface area contributed by atoms with E-state index < -0.39 is 0 Å². The molecule has 0 unspecified atom stereocenters. The lowest BCUT2D eigenvalue weighted by Gasteiger charge is -2.10. The molecule has 0 amide bonds. The molecule has 2 rings (SSSR count). The van der Waals surface area contributed by atoms with Gasteiger partial charge in [-0.2, -0.15) is 0 Å². The molecule has 0 atom stereocenters. The van der Waals surface area contributed by atoms with Gasteiger partial charge < -0.3 is 20.5 Å². The summed E-state index contributed by atoms with van der Waals surface area (Å²) < 4.78 is 10.5. The quantitative estimate of drug-likeness (QED) is 0.868. The van der Waals surface area contributed by atoms with E-state index in [0.717, 1.165) is 27.2 Å². The molecule has 0 aliphatic rings. The molecular formula is C12H15N3O2S. The van der Waals surface area contributed by atoms with Crippen LogP contribution < -0.4 is 20.5 Å². The van der Waals surface area contributed by atoms with Gasteiger partial charge >= 0.3 is 0 Å². The molecule has 0 aliphatic carbocycles. The highest BCUT2D eigenvalue weighted by Gasteiger charge is 2.07. The molecule has 1 heterocycles. The second-order valence-electron chi connectivity index (χ2n) is 3.53. The van der Waals surface area contributed by atoms with Crippen LogP contribution in [-0.2, 0) is 6.54 Å². The summed E-state index contributed by atoms with van der Waals surface area (Å²) in [6.45, 7) is 0.495. The largest absolute Gasteiger partial charge is 0.497 e. The lowest BCUT2D eigenvalue weighted by Crippen LogP contribution is -1.95. The summed E-state index contributed by atoms with van der Waals surface area (Å²) in [7, 11) is 3.25. The van der Waals surface area contributed by atoms with E-state index in [4.69, 9.17) is 15.2 Å². The Kier molecular flexibility index (Phi) is 4.01. The first kappa shape index (κ1) is 12.7. The molecule has 0 saturated carbocycles. The number of methoxy groups -OCH3 is 2. The maximum Gasteiger partial charge on any atom is 0.187 e. The van der Waals surface area contributed by atoms with E-state index in [1.807, 2.05) is 18.2 Å².